The predicted molar refractivity (Wildman–Crippen MR) is 250 cm³/mol. The zero-order valence-corrected chi connectivity index (χ0v) is 40.5. The number of hydrogen-bond donors (Lipinski definition) is 0. The second kappa shape index (κ2) is 48.5. The van der Waals surface area contributed by atoms with Gasteiger partial charge in [0.1, 0.15) is 0 Å². The molecule has 7 heteroatoms. The van der Waals surface area contributed by atoms with E-state index in [1.165, 1.54) is 294 Å². The van der Waals surface area contributed by atoms with Gasteiger partial charge in [0.05, 0.1) is 33.8 Å². The molecule has 0 amide bonds. The Kier molecular flexibility index (Phi) is 50.1. The van der Waals surface area contributed by atoms with Crippen LogP contribution in [0.1, 0.15) is 290 Å². The molecule has 0 aliphatic heterocycles. The van der Waals surface area contributed by atoms with Gasteiger partial charge in [-0.3, -0.25) is 0 Å². The van der Waals surface area contributed by atoms with E-state index in [9.17, 15) is 13.0 Å². The highest BCUT2D eigenvalue weighted by Gasteiger charge is 2.20. The normalized spacial score (nSPS) is 12.0. The summed E-state index contributed by atoms with van der Waals surface area (Å²) in [7, 11) is -1.09. The third-order valence-corrected chi connectivity index (χ3v) is 12.6. The van der Waals surface area contributed by atoms with Crippen LogP contribution in [0, 0.1) is 0 Å². The second-order valence-electron chi connectivity index (χ2n) is 18.2. The van der Waals surface area contributed by atoms with Crippen LogP contribution in [0.5, 0.6) is 0 Å². The molecule has 0 aliphatic carbocycles. The third-order valence-electron chi connectivity index (χ3n) is 12.3. The zero-order chi connectivity index (χ0) is 42.2. The molecule has 6 nitrogen and oxygen atoms in total. The van der Waals surface area contributed by atoms with E-state index in [2.05, 4.69) is 37.0 Å². The molecule has 0 atom stereocenters. The molecule has 0 saturated carbocycles. The van der Waals surface area contributed by atoms with E-state index in [1.807, 2.05) is 0 Å². The lowest BCUT2D eigenvalue weighted by Crippen LogP contribution is -2.46. The van der Waals surface area contributed by atoms with Gasteiger partial charge in [-0.1, -0.05) is 252 Å². The molecule has 0 saturated heterocycles. The maximum absolute atomic E-state index is 9.33. The van der Waals surface area contributed by atoms with Gasteiger partial charge in [-0.05, 0) is 38.5 Å². The minimum atomic E-state index is -4.65. The van der Waals surface area contributed by atoms with Crippen LogP contribution in [0.3, 0.4) is 0 Å². The second-order valence-corrected chi connectivity index (χ2v) is 19.2. The number of rotatable bonds is 47. The highest BCUT2D eigenvalue weighted by molar-refractivity contribution is 7.80. The molecule has 0 radical (unpaired) electrons. The first-order chi connectivity index (χ1) is 27.7. The summed E-state index contributed by atoms with van der Waals surface area (Å²) >= 11 is 0. The summed E-state index contributed by atoms with van der Waals surface area (Å²) in [6.07, 6.45) is 61.7. The average Bonchev–Trinajstić information content (AvgIpc) is 3.18. The lowest BCUT2D eigenvalue weighted by Gasteiger charge is -2.35. The monoisotopic (exact) mass is 832 g/mol. The molecule has 57 heavy (non-hydrogen) atoms. The van der Waals surface area contributed by atoms with Gasteiger partial charge in [-0.15, -0.1) is 4.33 Å². The fourth-order valence-electron chi connectivity index (χ4n) is 8.48. The first-order valence-corrected chi connectivity index (χ1v) is 27.1. The van der Waals surface area contributed by atoms with Gasteiger partial charge in [0.2, 0.25) is 10.4 Å². The predicted octanol–water partition coefficient (Wildman–Crippen LogP) is 16.9. The van der Waals surface area contributed by atoms with Crippen LogP contribution in [0.4, 0.5) is 0 Å². The van der Waals surface area contributed by atoms with Gasteiger partial charge >= 0.3 is 0 Å². The Morgan fingerprint density at radius 2 is 0.491 bits per heavy atom. The average molecular weight is 832 g/mol. The summed E-state index contributed by atoms with van der Waals surface area (Å²) in [4.78, 5) is 3.51. The van der Waals surface area contributed by atoms with Crippen molar-refractivity contribution in [2.45, 2.75) is 290 Å². The lowest BCUT2D eigenvalue weighted by atomic mass is 10.0. The van der Waals surface area contributed by atoms with E-state index in [0.717, 1.165) is 7.11 Å². The molecule has 0 bridgehead atoms. The molecule has 0 aromatic carbocycles. The fraction of sp³-hybridized carbons (Fsp3) is 1.00. The van der Waals surface area contributed by atoms with E-state index in [4.69, 9.17) is 0 Å². The Bertz CT molecular complexity index is 760. The van der Waals surface area contributed by atoms with Crippen LogP contribution in [0.2, 0.25) is 0 Å². The Labute approximate surface area is 360 Å². The maximum Gasteiger partial charge on any atom is 0.245 e. The van der Waals surface area contributed by atoms with Gasteiger partial charge in [0.15, 0.2) is 0 Å². The largest absolute Gasteiger partial charge is 0.724 e. The summed E-state index contributed by atoms with van der Waals surface area (Å²) in [5.41, 5.74) is 0. The van der Waals surface area contributed by atoms with Crippen LogP contribution >= 0.6 is 0 Å². The van der Waals surface area contributed by atoms with Gasteiger partial charge < -0.3 is 9.04 Å². The highest BCUT2D eigenvalue weighted by atomic mass is 32.3. The van der Waals surface area contributed by atoms with Crippen LogP contribution in [0.25, 0.3) is 0 Å². The minimum Gasteiger partial charge on any atom is -0.724 e. The van der Waals surface area contributed by atoms with Crippen molar-refractivity contribution in [1.29, 1.82) is 0 Å². The molecule has 0 N–H and O–H groups in total. The van der Waals surface area contributed by atoms with E-state index >= 15 is 0 Å². The molecule has 0 heterocycles. The maximum atomic E-state index is 9.33. The Balaban J connectivity index is 0. The number of nitrogens with zero attached hydrogens (tertiary/aromatic N) is 1. The van der Waals surface area contributed by atoms with Crippen LogP contribution in [-0.2, 0) is 19.6 Å². The van der Waals surface area contributed by atoms with Crippen molar-refractivity contribution in [3.63, 3.8) is 0 Å². The van der Waals surface area contributed by atoms with E-state index in [1.54, 1.807) is 0 Å². The van der Waals surface area contributed by atoms with Gasteiger partial charge in [0.25, 0.3) is 0 Å². The van der Waals surface area contributed by atoms with E-state index < -0.39 is 10.4 Å². The summed E-state index contributed by atoms with van der Waals surface area (Å²) in [5, 5.41) is 0. The lowest BCUT2D eigenvalue weighted by molar-refractivity contribution is -0.910. The van der Waals surface area contributed by atoms with Crippen molar-refractivity contribution in [3.8, 4) is 0 Å². The van der Waals surface area contributed by atoms with Crippen LogP contribution < -0.4 is 0 Å². The smallest absolute Gasteiger partial charge is 0.245 e. The SMILES string of the molecule is CCCCCCCCCCCCCCCC[N+](C)(CCCCCCCCCCCCCCCC)CCCCCCCCCCCCCCCC.COOS(=O)(=O)[O-]. The first kappa shape index (κ1) is 58.9. The molecule has 0 aromatic heterocycles. The molecule has 346 valence electrons. The van der Waals surface area contributed by atoms with Crippen molar-refractivity contribution in [1.82, 2.24) is 0 Å². The third kappa shape index (κ3) is 53.8. The van der Waals surface area contributed by atoms with Crippen molar-refractivity contribution in [2.24, 2.45) is 0 Å². The number of hydrogen-bond acceptors (Lipinski definition) is 5. The zero-order valence-electron chi connectivity index (χ0n) is 39.7. The molecular weight excluding hydrogens is 727 g/mol. The quantitative estimate of drug-likeness (QED) is 0.0152. The topological polar surface area (TPSA) is 75.7 Å². The van der Waals surface area contributed by atoms with Crippen molar-refractivity contribution < 1.29 is 26.7 Å². The molecule has 0 rings (SSSR count). The molecule has 0 aliphatic rings. The molecule has 0 fully saturated rings. The molecule has 0 spiro atoms. The van der Waals surface area contributed by atoms with E-state index in [-0.39, 0.29) is 0 Å². The molecular formula is C50H105NO5S. The van der Waals surface area contributed by atoms with Gasteiger partial charge in [0, 0.05) is 0 Å². The van der Waals surface area contributed by atoms with Crippen molar-refractivity contribution in [3.05, 3.63) is 0 Å². The van der Waals surface area contributed by atoms with Crippen LogP contribution in [-0.4, -0.2) is 51.2 Å². The summed E-state index contributed by atoms with van der Waals surface area (Å²) in [6.45, 7) is 11.3. The van der Waals surface area contributed by atoms with Gasteiger partial charge in [-0.2, -0.15) is 0 Å². The van der Waals surface area contributed by atoms with Gasteiger partial charge in [-0.25, -0.2) is 13.3 Å². The Hall–Kier alpha value is -0.210. The standard InChI is InChI=1S/C49H102N.CH4O5S/c1-5-8-11-14-17-20-23-26-29-32-35-38-41-44-47-50(4,48-45-42-39-36-33-30-27-24-21-18-15-12-9-6-2)49-46-43-40-37-34-31-28-25-22-19-16-13-10-7-3;1-5-6-7(2,3)4/h5-49H2,1-4H3;1H3,(H,2,3,4)/q+1;/p-1. The van der Waals surface area contributed by atoms with E-state index in [0.29, 0.717) is 0 Å². The fourth-order valence-corrected chi connectivity index (χ4v) is 8.65. The Morgan fingerprint density at radius 3 is 0.614 bits per heavy atom. The minimum absolute atomic E-state index is 0.926. The number of quaternary nitrogens is 1. The summed E-state index contributed by atoms with van der Waals surface area (Å²) in [6, 6.07) is 0. The first-order valence-electron chi connectivity index (χ1n) is 25.8. The molecule has 0 aromatic rings. The Morgan fingerprint density at radius 1 is 0.333 bits per heavy atom. The van der Waals surface area contributed by atoms with Crippen molar-refractivity contribution >= 4 is 10.4 Å². The number of unbranched alkanes of at least 4 members (excludes halogenated alkanes) is 39. The molecule has 0 unspecified atom stereocenters. The summed E-state index contributed by atoms with van der Waals surface area (Å²) < 4.78 is 32.5. The summed E-state index contributed by atoms with van der Waals surface area (Å²) in [5.74, 6) is 0. The van der Waals surface area contributed by atoms with Crippen molar-refractivity contribution in [2.75, 3.05) is 33.8 Å². The highest BCUT2D eigenvalue weighted by Crippen LogP contribution is 2.19. The van der Waals surface area contributed by atoms with Crippen LogP contribution in [0.15, 0.2) is 0 Å².